The van der Waals surface area contributed by atoms with E-state index in [9.17, 15) is 4.79 Å². The van der Waals surface area contributed by atoms with Crippen molar-refractivity contribution in [1.82, 2.24) is 9.88 Å². The lowest BCUT2D eigenvalue weighted by Crippen LogP contribution is -2.55. The molecule has 2 aromatic carbocycles. The summed E-state index contributed by atoms with van der Waals surface area (Å²) in [6, 6.07) is 15.8. The van der Waals surface area contributed by atoms with Crippen LogP contribution >= 0.6 is 0 Å². The zero-order valence-electron chi connectivity index (χ0n) is 21.7. The number of nitrogens with zero attached hydrogens (tertiary/aromatic N) is 2. The van der Waals surface area contributed by atoms with Crippen LogP contribution in [0.25, 0.3) is 10.9 Å². The largest absolute Gasteiger partial charge is 0.497 e. The van der Waals surface area contributed by atoms with E-state index in [0.717, 1.165) is 48.1 Å². The standard InChI is InChI=1S/C31H36N2O3/c1-6-20-19-33-16-14-22(20)17-28(33)29(25-13-15-32-27-12-11-24(35-5)18-26(25)27)36-30(34)21-7-9-23(10-8-21)31(2,3)4/h6-13,15,18,20,22,28-29H,1,14,16-17,19H2,2-5H3/t20-,22+,28+,29-/m1/s1. The molecule has 3 aliphatic rings. The van der Waals surface area contributed by atoms with Gasteiger partial charge in [0, 0.05) is 23.7 Å². The molecule has 6 rings (SSSR count). The third-order valence-electron chi connectivity index (χ3n) is 8.01. The van der Waals surface area contributed by atoms with Crippen molar-refractivity contribution in [2.75, 3.05) is 20.2 Å². The van der Waals surface area contributed by atoms with E-state index in [2.05, 4.69) is 43.3 Å². The van der Waals surface area contributed by atoms with Crippen LogP contribution in [0.4, 0.5) is 0 Å². The van der Waals surface area contributed by atoms with Crippen molar-refractivity contribution < 1.29 is 14.3 Å². The fraction of sp³-hybridized carbons (Fsp3) is 0.419. The van der Waals surface area contributed by atoms with Crippen LogP contribution in [0.2, 0.25) is 0 Å². The van der Waals surface area contributed by atoms with Gasteiger partial charge in [-0.3, -0.25) is 9.88 Å². The van der Waals surface area contributed by atoms with Crippen molar-refractivity contribution in [3.8, 4) is 5.75 Å². The minimum absolute atomic E-state index is 0.0241. The van der Waals surface area contributed by atoms with Gasteiger partial charge in [-0.2, -0.15) is 0 Å². The number of hydrogen-bond donors (Lipinski definition) is 0. The first-order chi connectivity index (χ1) is 17.3. The summed E-state index contributed by atoms with van der Waals surface area (Å²) >= 11 is 0. The van der Waals surface area contributed by atoms with E-state index in [4.69, 9.17) is 9.47 Å². The van der Waals surface area contributed by atoms with Gasteiger partial charge in [0.25, 0.3) is 0 Å². The highest BCUT2D eigenvalue weighted by molar-refractivity contribution is 5.90. The third-order valence-corrected chi connectivity index (χ3v) is 8.01. The van der Waals surface area contributed by atoms with Crippen molar-refractivity contribution in [3.63, 3.8) is 0 Å². The molecule has 0 radical (unpaired) electrons. The number of fused-ring (bicyclic) bond motifs is 4. The second-order valence-corrected chi connectivity index (χ2v) is 11.2. The topological polar surface area (TPSA) is 51.7 Å². The molecular formula is C31H36N2O3. The number of carbonyl (C=O) groups is 1. The molecule has 3 aromatic rings. The van der Waals surface area contributed by atoms with Crippen molar-refractivity contribution in [3.05, 3.63) is 84.1 Å². The zero-order valence-corrected chi connectivity index (χ0v) is 21.7. The molecule has 0 amide bonds. The molecule has 5 heteroatoms. The molecule has 1 unspecified atom stereocenters. The number of esters is 1. The molecule has 0 aliphatic carbocycles. The van der Waals surface area contributed by atoms with Gasteiger partial charge >= 0.3 is 5.97 Å². The van der Waals surface area contributed by atoms with Crippen molar-refractivity contribution in [2.45, 2.75) is 51.2 Å². The first kappa shape index (κ1) is 24.5. The van der Waals surface area contributed by atoms with Crippen molar-refractivity contribution >= 4 is 16.9 Å². The summed E-state index contributed by atoms with van der Waals surface area (Å²) in [6.45, 7) is 12.5. The second kappa shape index (κ2) is 9.70. The average Bonchev–Trinajstić information content (AvgIpc) is 2.90. The molecule has 0 spiro atoms. The van der Waals surface area contributed by atoms with Crippen LogP contribution in [-0.4, -0.2) is 42.1 Å². The lowest BCUT2D eigenvalue weighted by atomic mass is 9.73. The maximum absolute atomic E-state index is 13.5. The lowest BCUT2D eigenvalue weighted by molar-refractivity contribution is -0.0568. The van der Waals surface area contributed by atoms with E-state index >= 15 is 0 Å². The van der Waals surface area contributed by atoms with Gasteiger partial charge in [0.05, 0.1) is 24.2 Å². The number of pyridine rings is 1. The van der Waals surface area contributed by atoms with Crippen molar-refractivity contribution in [2.24, 2.45) is 11.8 Å². The Hall–Kier alpha value is -3.18. The van der Waals surface area contributed by atoms with E-state index < -0.39 is 6.10 Å². The summed E-state index contributed by atoms with van der Waals surface area (Å²) < 4.78 is 11.9. The Kier molecular flexibility index (Phi) is 6.60. The Morgan fingerprint density at radius 3 is 2.58 bits per heavy atom. The molecule has 2 bridgehead atoms. The van der Waals surface area contributed by atoms with Gasteiger partial charge < -0.3 is 9.47 Å². The van der Waals surface area contributed by atoms with Crippen LogP contribution in [-0.2, 0) is 10.2 Å². The second-order valence-electron chi connectivity index (χ2n) is 11.2. The molecule has 0 saturated carbocycles. The maximum Gasteiger partial charge on any atom is 0.338 e. The van der Waals surface area contributed by atoms with Crippen LogP contribution in [0.15, 0.2) is 67.4 Å². The van der Waals surface area contributed by atoms with Crippen LogP contribution in [0.5, 0.6) is 5.75 Å². The zero-order chi connectivity index (χ0) is 25.4. The van der Waals surface area contributed by atoms with E-state index in [1.165, 1.54) is 5.56 Å². The number of carbonyl (C=O) groups excluding carboxylic acids is 1. The lowest BCUT2D eigenvalue weighted by Gasteiger charge is -2.51. The number of aromatic nitrogens is 1. The molecule has 36 heavy (non-hydrogen) atoms. The van der Waals surface area contributed by atoms with E-state index in [0.29, 0.717) is 17.4 Å². The molecule has 0 N–H and O–H groups in total. The highest BCUT2D eigenvalue weighted by Crippen LogP contribution is 2.44. The minimum Gasteiger partial charge on any atom is -0.497 e. The molecule has 3 saturated heterocycles. The summed E-state index contributed by atoms with van der Waals surface area (Å²) in [5.41, 5.74) is 3.63. The van der Waals surface area contributed by atoms with Gasteiger partial charge in [-0.25, -0.2) is 4.79 Å². The predicted molar refractivity (Wildman–Crippen MR) is 143 cm³/mol. The first-order valence-electron chi connectivity index (χ1n) is 12.9. The van der Waals surface area contributed by atoms with E-state index in [-0.39, 0.29) is 17.4 Å². The SMILES string of the molecule is C=C[C@@H]1CN2CC[C@H]1C[C@H]2[C@H](OC(=O)c1ccc(C(C)(C)C)cc1)c1ccnc2ccc(OC)cc12. The molecule has 5 atom stereocenters. The Balaban J connectivity index is 1.53. The molecule has 3 aliphatic heterocycles. The molecule has 1 aromatic heterocycles. The summed E-state index contributed by atoms with van der Waals surface area (Å²) in [7, 11) is 1.66. The fourth-order valence-corrected chi connectivity index (χ4v) is 5.85. The number of benzene rings is 2. The van der Waals surface area contributed by atoms with Gasteiger partial charge in [-0.05, 0) is 78.6 Å². The molecule has 4 heterocycles. The summed E-state index contributed by atoms with van der Waals surface area (Å²) in [4.78, 5) is 20.6. The Morgan fingerprint density at radius 2 is 1.94 bits per heavy atom. The maximum atomic E-state index is 13.5. The number of piperidine rings is 3. The first-order valence-corrected chi connectivity index (χ1v) is 12.9. The number of hydrogen-bond acceptors (Lipinski definition) is 5. The van der Waals surface area contributed by atoms with E-state index in [1.54, 1.807) is 7.11 Å². The minimum atomic E-state index is -0.411. The normalized spacial score (nSPS) is 24.3. The number of rotatable bonds is 6. The Labute approximate surface area is 214 Å². The highest BCUT2D eigenvalue weighted by atomic mass is 16.5. The molecule has 5 nitrogen and oxygen atoms in total. The monoisotopic (exact) mass is 484 g/mol. The van der Waals surface area contributed by atoms with Gasteiger partial charge in [-0.15, -0.1) is 6.58 Å². The Morgan fingerprint density at radius 1 is 1.17 bits per heavy atom. The summed E-state index contributed by atoms with van der Waals surface area (Å²) in [5, 5.41) is 0.959. The van der Waals surface area contributed by atoms with Gasteiger partial charge in [-0.1, -0.05) is 39.0 Å². The predicted octanol–water partition coefficient (Wildman–Crippen LogP) is 6.34. The smallest absolute Gasteiger partial charge is 0.338 e. The molecular weight excluding hydrogens is 448 g/mol. The fourth-order valence-electron chi connectivity index (χ4n) is 5.85. The summed E-state index contributed by atoms with van der Waals surface area (Å²) in [5.74, 6) is 1.52. The van der Waals surface area contributed by atoms with E-state index in [1.807, 2.05) is 54.7 Å². The third kappa shape index (κ3) is 4.64. The Bertz CT molecular complexity index is 1260. The molecule has 188 valence electrons. The molecule has 3 fully saturated rings. The van der Waals surface area contributed by atoms with Gasteiger partial charge in [0.15, 0.2) is 0 Å². The van der Waals surface area contributed by atoms with Gasteiger partial charge in [0.2, 0.25) is 0 Å². The quantitative estimate of drug-likeness (QED) is 0.302. The van der Waals surface area contributed by atoms with Crippen molar-refractivity contribution in [1.29, 1.82) is 0 Å². The number of ether oxygens (including phenoxy) is 2. The number of methoxy groups -OCH3 is 1. The highest BCUT2D eigenvalue weighted by Gasteiger charge is 2.44. The van der Waals surface area contributed by atoms with Gasteiger partial charge in [0.1, 0.15) is 11.9 Å². The van der Waals surface area contributed by atoms with Crippen LogP contribution in [0.1, 0.15) is 61.2 Å². The average molecular weight is 485 g/mol. The van der Waals surface area contributed by atoms with Crippen LogP contribution in [0.3, 0.4) is 0 Å². The van der Waals surface area contributed by atoms with Crippen LogP contribution in [0, 0.1) is 11.8 Å². The summed E-state index contributed by atoms with van der Waals surface area (Å²) in [6.07, 6.45) is 5.63. The van der Waals surface area contributed by atoms with Crippen LogP contribution < -0.4 is 4.74 Å².